The van der Waals surface area contributed by atoms with Crippen molar-refractivity contribution in [3.63, 3.8) is 0 Å². The van der Waals surface area contributed by atoms with E-state index in [1.165, 1.54) is 89.9 Å². The van der Waals surface area contributed by atoms with Crippen molar-refractivity contribution in [1.82, 2.24) is 5.32 Å². The number of phosphoric acid groups is 1. The second kappa shape index (κ2) is 41.5. The molecule has 0 saturated carbocycles. The van der Waals surface area contributed by atoms with Gasteiger partial charge in [-0.25, -0.2) is 0 Å². The maximum atomic E-state index is 12.9. The molecule has 0 saturated heterocycles. The van der Waals surface area contributed by atoms with Crippen molar-refractivity contribution in [3.8, 4) is 0 Å². The van der Waals surface area contributed by atoms with E-state index in [0.717, 1.165) is 83.5 Å². The fourth-order valence-electron chi connectivity index (χ4n) is 6.71. The van der Waals surface area contributed by atoms with Gasteiger partial charge in [-0.3, -0.25) is 9.36 Å². The maximum Gasteiger partial charge on any atom is 0.268 e. The van der Waals surface area contributed by atoms with Gasteiger partial charge < -0.3 is 28.8 Å². The number of nitrogens with zero attached hydrogens (tertiary/aromatic N) is 1. The molecule has 2 N–H and O–H groups in total. The van der Waals surface area contributed by atoms with E-state index in [1.54, 1.807) is 0 Å². The molecule has 0 rings (SSSR count). The Labute approximate surface area is 364 Å². The van der Waals surface area contributed by atoms with Crippen molar-refractivity contribution >= 4 is 13.7 Å². The Hall–Kier alpha value is -1.80. The summed E-state index contributed by atoms with van der Waals surface area (Å²) in [7, 11) is 1.29. The van der Waals surface area contributed by atoms with Crippen LogP contribution in [0.3, 0.4) is 0 Å². The van der Waals surface area contributed by atoms with Gasteiger partial charge in [0.2, 0.25) is 5.91 Å². The monoisotopic (exact) mass is 849 g/mol. The molecule has 0 aliphatic rings. The largest absolute Gasteiger partial charge is 0.756 e. The Morgan fingerprint density at radius 3 is 1.51 bits per heavy atom. The van der Waals surface area contributed by atoms with Crippen LogP contribution in [0.25, 0.3) is 0 Å². The number of amides is 1. The highest BCUT2D eigenvalue weighted by Gasteiger charge is 2.24. The summed E-state index contributed by atoms with van der Waals surface area (Å²) in [5, 5.41) is 13.9. The quantitative estimate of drug-likeness (QED) is 0.0274. The van der Waals surface area contributed by atoms with Gasteiger partial charge in [0.25, 0.3) is 7.82 Å². The van der Waals surface area contributed by atoms with Crippen LogP contribution in [0.4, 0.5) is 0 Å². The minimum Gasteiger partial charge on any atom is -0.756 e. The number of likely N-dealkylation sites (N-methyl/N-ethyl adjacent to an activating group) is 1. The number of phosphoric ester groups is 1. The number of nitrogens with one attached hydrogen (secondary N) is 1. The molecule has 0 aliphatic heterocycles. The number of hydrogen-bond donors (Lipinski definition) is 2. The van der Waals surface area contributed by atoms with Crippen LogP contribution >= 0.6 is 7.82 Å². The van der Waals surface area contributed by atoms with Gasteiger partial charge in [0.15, 0.2) is 0 Å². The molecule has 0 aromatic rings. The second-order valence-electron chi connectivity index (χ2n) is 17.4. The van der Waals surface area contributed by atoms with E-state index in [0.29, 0.717) is 23.9 Å². The lowest BCUT2D eigenvalue weighted by Crippen LogP contribution is -2.46. The van der Waals surface area contributed by atoms with Crippen LogP contribution in [-0.4, -0.2) is 68.5 Å². The fourth-order valence-corrected chi connectivity index (χ4v) is 7.44. The van der Waals surface area contributed by atoms with Crippen LogP contribution < -0.4 is 10.2 Å². The summed E-state index contributed by atoms with van der Waals surface area (Å²) in [6.07, 6.45) is 53.6. The summed E-state index contributed by atoms with van der Waals surface area (Å²) in [6, 6.07) is -0.809. The summed E-state index contributed by atoms with van der Waals surface area (Å²) in [4.78, 5) is 25.4. The second-order valence-corrected chi connectivity index (χ2v) is 18.8. The summed E-state index contributed by atoms with van der Waals surface area (Å²) in [5.74, 6) is -0.178. The van der Waals surface area contributed by atoms with E-state index in [4.69, 9.17) is 9.05 Å². The number of rotatable bonds is 43. The fraction of sp³-hybridized carbons (Fsp3) is 0.780. The van der Waals surface area contributed by atoms with Crippen LogP contribution in [-0.2, 0) is 18.4 Å². The zero-order chi connectivity index (χ0) is 43.6. The Morgan fingerprint density at radius 2 is 1.03 bits per heavy atom. The van der Waals surface area contributed by atoms with Crippen molar-refractivity contribution in [3.05, 3.63) is 60.8 Å². The SMILES string of the molecule is CC/C=C\C/C=C\C/C=C\C/C=C\C/C=C\CCCCCCCCCC(=O)NC(COP(=O)([O-])OCC[N+](C)(C)C)C(O)CCCCCCCCCCCCCCCC. The van der Waals surface area contributed by atoms with Gasteiger partial charge >= 0.3 is 0 Å². The van der Waals surface area contributed by atoms with Gasteiger partial charge in [-0.2, -0.15) is 0 Å². The summed E-state index contributed by atoms with van der Waals surface area (Å²) in [5.41, 5.74) is 0. The van der Waals surface area contributed by atoms with Crippen LogP contribution in [0, 0.1) is 0 Å². The third-order valence-corrected chi connectivity index (χ3v) is 11.5. The van der Waals surface area contributed by atoms with Gasteiger partial charge in [0.05, 0.1) is 39.9 Å². The molecule has 344 valence electrons. The number of carbonyl (C=O) groups excluding carboxylic acids is 1. The number of hydrogen-bond acceptors (Lipinski definition) is 6. The number of carbonyl (C=O) groups is 1. The molecule has 1 amide bonds. The zero-order valence-corrected chi connectivity index (χ0v) is 39.8. The summed E-state index contributed by atoms with van der Waals surface area (Å²) < 4.78 is 23.3. The zero-order valence-electron chi connectivity index (χ0n) is 38.9. The molecular weight excluding hydrogens is 756 g/mol. The third-order valence-electron chi connectivity index (χ3n) is 10.5. The van der Waals surface area contributed by atoms with Gasteiger partial charge in [0.1, 0.15) is 13.2 Å². The van der Waals surface area contributed by atoms with Crippen molar-refractivity contribution in [2.75, 3.05) is 40.9 Å². The first-order valence-electron chi connectivity index (χ1n) is 24.1. The number of unbranched alkanes of at least 4 members (excludes halogenated alkanes) is 20. The van der Waals surface area contributed by atoms with Gasteiger partial charge in [-0.15, -0.1) is 0 Å². The number of aliphatic hydroxyl groups excluding tert-OH is 1. The van der Waals surface area contributed by atoms with Crippen LogP contribution in [0.5, 0.6) is 0 Å². The van der Waals surface area contributed by atoms with E-state index in [2.05, 4.69) is 79.9 Å². The first-order chi connectivity index (χ1) is 28.5. The maximum absolute atomic E-state index is 12.9. The van der Waals surface area contributed by atoms with Crippen molar-refractivity contribution < 1.29 is 32.9 Å². The molecule has 0 fully saturated rings. The molecule has 0 aliphatic carbocycles. The minimum atomic E-state index is -4.57. The van der Waals surface area contributed by atoms with Gasteiger partial charge in [-0.05, 0) is 57.8 Å². The highest BCUT2D eigenvalue weighted by molar-refractivity contribution is 7.45. The molecule has 0 aromatic heterocycles. The normalized spacial score (nSPS) is 14.8. The molecule has 59 heavy (non-hydrogen) atoms. The molecule has 9 heteroatoms. The molecular formula is C50H93N2O6P. The lowest BCUT2D eigenvalue weighted by molar-refractivity contribution is -0.870. The summed E-state index contributed by atoms with van der Waals surface area (Å²) in [6.45, 7) is 4.59. The molecule has 0 heterocycles. The van der Waals surface area contributed by atoms with E-state index >= 15 is 0 Å². The van der Waals surface area contributed by atoms with Crippen LogP contribution in [0.1, 0.15) is 200 Å². The van der Waals surface area contributed by atoms with Crippen LogP contribution in [0.15, 0.2) is 60.8 Å². The standard InChI is InChI=1S/C50H93N2O6P/c1-6-8-10-12-14-16-18-20-22-23-24-25-26-27-28-29-30-32-34-36-38-40-42-44-50(54)51-48(47-58-59(55,56)57-46-45-52(3,4)5)49(53)43-41-39-37-35-33-31-21-19-17-15-13-11-9-7-2/h8,10,14,16,20,22,24-25,27-28,48-49,53H,6-7,9,11-13,15,17-19,21,23,26,29-47H2,1-5H3,(H-,51,54,55,56)/b10-8-,16-14-,22-20-,25-24-,28-27-. The van der Waals surface area contributed by atoms with Crippen LogP contribution in [0.2, 0.25) is 0 Å². The third kappa shape index (κ3) is 44.1. The smallest absolute Gasteiger partial charge is 0.268 e. The predicted molar refractivity (Wildman–Crippen MR) is 251 cm³/mol. The van der Waals surface area contributed by atoms with E-state index in [-0.39, 0.29) is 19.1 Å². The van der Waals surface area contributed by atoms with E-state index in [1.807, 2.05) is 21.1 Å². The Morgan fingerprint density at radius 1 is 0.610 bits per heavy atom. The Balaban J connectivity index is 4.31. The Kier molecular flexibility index (Phi) is 40.3. The van der Waals surface area contributed by atoms with E-state index in [9.17, 15) is 19.4 Å². The van der Waals surface area contributed by atoms with Crippen molar-refractivity contribution in [1.29, 1.82) is 0 Å². The molecule has 0 radical (unpaired) electrons. The number of aliphatic hydroxyl groups is 1. The molecule has 8 nitrogen and oxygen atoms in total. The molecule has 3 unspecified atom stereocenters. The topological polar surface area (TPSA) is 108 Å². The lowest BCUT2D eigenvalue weighted by atomic mass is 10.0. The highest BCUT2D eigenvalue weighted by Crippen LogP contribution is 2.38. The highest BCUT2D eigenvalue weighted by atomic mass is 31.2. The minimum absolute atomic E-state index is 0.00715. The lowest BCUT2D eigenvalue weighted by Gasteiger charge is -2.30. The number of quaternary nitrogens is 1. The molecule has 3 atom stereocenters. The van der Waals surface area contributed by atoms with Gasteiger partial charge in [0, 0.05) is 6.42 Å². The van der Waals surface area contributed by atoms with Gasteiger partial charge in [-0.1, -0.05) is 197 Å². The molecule has 0 spiro atoms. The first kappa shape index (κ1) is 57.2. The molecule has 0 aromatic carbocycles. The van der Waals surface area contributed by atoms with E-state index < -0.39 is 20.0 Å². The van der Waals surface area contributed by atoms with Crippen molar-refractivity contribution in [2.45, 2.75) is 212 Å². The summed E-state index contributed by atoms with van der Waals surface area (Å²) >= 11 is 0. The van der Waals surface area contributed by atoms with Crippen molar-refractivity contribution in [2.24, 2.45) is 0 Å². The predicted octanol–water partition coefficient (Wildman–Crippen LogP) is 13.2. The number of allylic oxidation sites excluding steroid dienone is 10. The Bertz CT molecular complexity index is 1140. The molecule has 0 bridgehead atoms. The first-order valence-corrected chi connectivity index (χ1v) is 25.6. The average Bonchev–Trinajstić information content (AvgIpc) is 3.19. The average molecular weight is 849 g/mol.